The van der Waals surface area contributed by atoms with E-state index < -0.39 is 0 Å². The van der Waals surface area contributed by atoms with Crippen LogP contribution in [0.1, 0.15) is 25.1 Å². The van der Waals surface area contributed by atoms with Crippen LogP contribution in [-0.4, -0.2) is 23.5 Å². The van der Waals surface area contributed by atoms with Gasteiger partial charge in [0.25, 0.3) is 0 Å². The maximum atomic E-state index is 2.60. The first-order chi connectivity index (χ1) is 6.27. The molecule has 1 aromatic rings. The number of hydrogen-bond donors (Lipinski definition) is 0. The fourth-order valence-electron chi connectivity index (χ4n) is 2.20. The Bertz CT molecular complexity index is 247. The van der Waals surface area contributed by atoms with Crippen LogP contribution in [0.5, 0.6) is 0 Å². The normalized spacial score (nSPS) is 28.8. The molecule has 0 saturated carbocycles. The Morgan fingerprint density at radius 1 is 1.46 bits per heavy atom. The lowest BCUT2D eigenvalue weighted by Gasteiger charge is -2.45. The van der Waals surface area contributed by atoms with E-state index in [1.165, 1.54) is 24.3 Å². The van der Waals surface area contributed by atoms with Gasteiger partial charge in [0.05, 0.1) is 0 Å². The molecular weight excluding hydrogens is 178 g/mol. The van der Waals surface area contributed by atoms with Crippen LogP contribution in [0.15, 0.2) is 17.5 Å². The Morgan fingerprint density at radius 3 is 2.77 bits per heavy atom. The first kappa shape index (κ1) is 9.22. The fraction of sp³-hybridized carbons (Fsp3) is 0.636. The van der Waals surface area contributed by atoms with Gasteiger partial charge in [0.2, 0.25) is 0 Å². The van der Waals surface area contributed by atoms with Crippen LogP contribution in [0.4, 0.5) is 0 Å². The molecule has 0 N–H and O–H groups in total. The van der Waals surface area contributed by atoms with Crippen LogP contribution in [0.25, 0.3) is 0 Å². The van der Waals surface area contributed by atoms with E-state index in [2.05, 4.69) is 36.3 Å². The van der Waals surface area contributed by atoms with E-state index in [4.69, 9.17) is 0 Å². The highest BCUT2D eigenvalue weighted by Crippen LogP contribution is 2.25. The van der Waals surface area contributed by atoms with Gasteiger partial charge in [0.15, 0.2) is 0 Å². The standard InChI is InChI=1S/C11H17NS/c1-9-8-10(2)12(9)6-5-11-4-3-7-13-11/h3-4,7,9-10H,5-6,8H2,1-2H3. The van der Waals surface area contributed by atoms with Crippen molar-refractivity contribution in [2.75, 3.05) is 6.54 Å². The molecule has 1 aliphatic heterocycles. The molecule has 13 heavy (non-hydrogen) atoms. The molecule has 2 rings (SSSR count). The molecule has 0 aliphatic carbocycles. The zero-order valence-electron chi connectivity index (χ0n) is 8.36. The Hall–Kier alpha value is -0.340. The number of hydrogen-bond acceptors (Lipinski definition) is 2. The summed E-state index contributed by atoms with van der Waals surface area (Å²) in [5.74, 6) is 0. The maximum Gasteiger partial charge on any atom is 0.00846 e. The van der Waals surface area contributed by atoms with Gasteiger partial charge in [0, 0.05) is 23.5 Å². The fourth-order valence-corrected chi connectivity index (χ4v) is 2.89. The van der Waals surface area contributed by atoms with E-state index in [1.807, 2.05) is 11.3 Å². The van der Waals surface area contributed by atoms with Gasteiger partial charge in [-0.3, -0.25) is 4.90 Å². The molecule has 1 aliphatic rings. The van der Waals surface area contributed by atoms with Crippen LogP contribution in [0.3, 0.4) is 0 Å². The van der Waals surface area contributed by atoms with Crippen molar-refractivity contribution < 1.29 is 0 Å². The lowest BCUT2D eigenvalue weighted by molar-refractivity contribution is 0.0397. The van der Waals surface area contributed by atoms with Crippen molar-refractivity contribution in [3.8, 4) is 0 Å². The second-order valence-electron chi connectivity index (χ2n) is 4.00. The number of rotatable bonds is 3. The van der Waals surface area contributed by atoms with E-state index in [0.717, 1.165) is 12.1 Å². The second-order valence-corrected chi connectivity index (χ2v) is 5.03. The van der Waals surface area contributed by atoms with Gasteiger partial charge in [-0.15, -0.1) is 11.3 Å². The molecule has 0 aromatic carbocycles. The van der Waals surface area contributed by atoms with Crippen molar-refractivity contribution >= 4 is 11.3 Å². The molecule has 1 nitrogen and oxygen atoms in total. The van der Waals surface area contributed by atoms with Gasteiger partial charge >= 0.3 is 0 Å². The van der Waals surface area contributed by atoms with Gasteiger partial charge in [-0.1, -0.05) is 6.07 Å². The van der Waals surface area contributed by atoms with E-state index in [1.54, 1.807) is 0 Å². The summed E-state index contributed by atoms with van der Waals surface area (Å²) in [7, 11) is 0. The molecule has 2 atom stereocenters. The second kappa shape index (κ2) is 3.81. The largest absolute Gasteiger partial charge is 0.298 e. The van der Waals surface area contributed by atoms with Crippen molar-refractivity contribution in [1.82, 2.24) is 4.90 Å². The summed E-state index contributed by atoms with van der Waals surface area (Å²) >= 11 is 1.88. The minimum absolute atomic E-state index is 0.815. The van der Waals surface area contributed by atoms with Crippen LogP contribution >= 0.6 is 11.3 Å². The smallest absolute Gasteiger partial charge is 0.00846 e. The van der Waals surface area contributed by atoms with Gasteiger partial charge in [-0.25, -0.2) is 0 Å². The summed E-state index contributed by atoms with van der Waals surface area (Å²) < 4.78 is 0. The summed E-state index contributed by atoms with van der Waals surface area (Å²) in [6, 6.07) is 6.01. The van der Waals surface area contributed by atoms with E-state index >= 15 is 0 Å². The van der Waals surface area contributed by atoms with E-state index in [0.29, 0.717) is 0 Å². The zero-order valence-corrected chi connectivity index (χ0v) is 9.18. The average Bonchev–Trinajstić information content (AvgIpc) is 2.57. The Balaban J connectivity index is 1.80. The molecular formula is C11H17NS. The Morgan fingerprint density at radius 2 is 2.23 bits per heavy atom. The number of likely N-dealkylation sites (tertiary alicyclic amines) is 1. The van der Waals surface area contributed by atoms with E-state index in [9.17, 15) is 0 Å². The summed E-state index contributed by atoms with van der Waals surface area (Å²) in [5, 5.41) is 2.16. The van der Waals surface area contributed by atoms with Crippen molar-refractivity contribution in [3.05, 3.63) is 22.4 Å². The molecule has 0 bridgehead atoms. The predicted molar refractivity (Wildman–Crippen MR) is 58.3 cm³/mol. The SMILES string of the molecule is CC1CC(C)N1CCc1cccs1. The topological polar surface area (TPSA) is 3.24 Å². The highest BCUT2D eigenvalue weighted by molar-refractivity contribution is 7.09. The maximum absolute atomic E-state index is 2.60. The van der Waals surface area contributed by atoms with Crippen LogP contribution in [0, 0.1) is 0 Å². The van der Waals surface area contributed by atoms with E-state index in [-0.39, 0.29) is 0 Å². The summed E-state index contributed by atoms with van der Waals surface area (Å²) in [6.45, 7) is 5.89. The third kappa shape index (κ3) is 1.94. The highest BCUT2D eigenvalue weighted by atomic mass is 32.1. The average molecular weight is 195 g/mol. The third-order valence-electron chi connectivity index (χ3n) is 3.01. The number of nitrogens with zero attached hydrogens (tertiary/aromatic N) is 1. The Labute approximate surface area is 84.4 Å². The van der Waals surface area contributed by atoms with Crippen molar-refractivity contribution in [1.29, 1.82) is 0 Å². The molecule has 2 heteroatoms. The lowest BCUT2D eigenvalue weighted by Crippen LogP contribution is -2.53. The monoisotopic (exact) mass is 195 g/mol. The minimum Gasteiger partial charge on any atom is -0.298 e. The molecule has 1 saturated heterocycles. The molecule has 0 spiro atoms. The summed E-state index contributed by atoms with van der Waals surface area (Å²) in [6.07, 6.45) is 2.61. The summed E-state index contributed by atoms with van der Waals surface area (Å²) in [4.78, 5) is 4.12. The van der Waals surface area contributed by atoms with Gasteiger partial charge < -0.3 is 0 Å². The molecule has 1 fully saturated rings. The summed E-state index contributed by atoms with van der Waals surface area (Å²) in [5.41, 5.74) is 0. The van der Waals surface area contributed by atoms with Crippen molar-refractivity contribution in [3.63, 3.8) is 0 Å². The van der Waals surface area contributed by atoms with Gasteiger partial charge in [0.1, 0.15) is 0 Å². The van der Waals surface area contributed by atoms with Crippen LogP contribution in [0.2, 0.25) is 0 Å². The minimum atomic E-state index is 0.815. The van der Waals surface area contributed by atoms with Gasteiger partial charge in [-0.05, 0) is 38.1 Å². The molecule has 1 aromatic heterocycles. The van der Waals surface area contributed by atoms with Crippen LogP contribution in [-0.2, 0) is 6.42 Å². The third-order valence-corrected chi connectivity index (χ3v) is 3.95. The first-order valence-corrected chi connectivity index (χ1v) is 5.93. The molecule has 72 valence electrons. The molecule has 0 amide bonds. The predicted octanol–water partition coefficient (Wildman–Crippen LogP) is 2.77. The molecule has 2 unspecified atom stereocenters. The highest BCUT2D eigenvalue weighted by Gasteiger charge is 2.30. The molecule has 0 radical (unpaired) electrons. The van der Waals surface area contributed by atoms with Crippen LogP contribution < -0.4 is 0 Å². The van der Waals surface area contributed by atoms with Crippen molar-refractivity contribution in [2.45, 2.75) is 38.8 Å². The first-order valence-electron chi connectivity index (χ1n) is 5.05. The Kier molecular flexibility index (Phi) is 2.70. The molecule has 2 heterocycles. The quantitative estimate of drug-likeness (QED) is 0.717. The zero-order chi connectivity index (χ0) is 9.26. The number of thiophene rings is 1. The lowest BCUT2D eigenvalue weighted by atomic mass is 9.95. The van der Waals surface area contributed by atoms with Gasteiger partial charge in [-0.2, -0.15) is 0 Å². The van der Waals surface area contributed by atoms with Crippen molar-refractivity contribution in [2.24, 2.45) is 0 Å².